The van der Waals surface area contributed by atoms with E-state index in [0.717, 1.165) is 12.1 Å². The number of rotatable bonds is 9. The normalized spacial score (nSPS) is 12.0. The molecule has 0 spiro atoms. The largest absolute Gasteiger partial charge is 0.398 e. The Labute approximate surface area is 185 Å². The van der Waals surface area contributed by atoms with Crippen LogP contribution >= 0.6 is 0 Å². The van der Waals surface area contributed by atoms with E-state index in [-0.39, 0.29) is 0 Å². The van der Waals surface area contributed by atoms with Crippen molar-refractivity contribution in [1.82, 2.24) is 0 Å². The highest BCUT2D eigenvalue weighted by Crippen LogP contribution is 2.43. The first kappa shape index (κ1) is 20.1. The number of hydrogen-bond acceptors (Lipinski definition) is 1. The van der Waals surface area contributed by atoms with Crippen LogP contribution in [0.2, 0.25) is 0 Å². The highest BCUT2D eigenvalue weighted by atomic mass is 14.5. The van der Waals surface area contributed by atoms with Gasteiger partial charge in [0.25, 0.3) is 0 Å². The van der Waals surface area contributed by atoms with Gasteiger partial charge in [-0.3, -0.25) is 0 Å². The van der Waals surface area contributed by atoms with Gasteiger partial charge in [-0.05, 0) is 62.2 Å². The number of anilines is 1. The van der Waals surface area contributed by atoms with Crippen LogP contribution in [-0.2, 0) is 6.42 Å². The molecular formula is C30H33N. The first-order valence-electron chi connectivity index (χ1n) is 12.2. The lowest BCUT2D eigenvalue weighted by molar-refractivity contribution is 0.576. The second kappa shape index (κ2) is 8.75. The summed E-state index contributed by atoms with van der Waals surface area (Å²) in [6.45, 7) is 2.29. The second-order valence-corrected chi connectivity index (χ2v) is 9.16. The van der Waals surface area contributed by atoms with Crippen molar-refractivity contribution in [3.8, 4) is 0 Å². The Kier molecular flexibility index (Phi) is 5.68. The van der Waals surface area contributed by atoms with Gasteiger partial charge in [0, 0.05) is 11.1 Å². The number of hydrogen-bond donors (Lipinski definition) is 1. The quantitative estimate of drug-likeness (QED) is 0.112. The van der Waals surface area contributed by atoms with Crippen LogP contribution in [0.1, 0.15) is 63.9 Å². The average Bonchev–Trinajstić information content (AvgIpc) is 2.80. The molecule has 0 amide bonds. The predicted molar refractivity (Wildman–Crippen MR) is 138 cm³/mol. The summed E-state index contributed by atoms with van der Waals surface area (Å²) in [5, 5.41) is 10.7. The topological polar surface area (TPSA) is 26.0 Å². The van der Waals surface area contributed by atoms with Crippen LogP contribution in [0.3, 0.4) is 0 Å². The van der Waals surface area contributed by atoms with Crippen LogP contribution in [0.5, 0.6) is 0 Å². The zero-order valence-corrected chi connectivity index (χ0v) is 18.7. The molecule has 1 nitrogen and oxygen atoms in total. The Bertz CT molecular complexity index is 1330. The number of unbranched alkanes of at least 4 members (excludes halogenated alkanes) is 7. The van der Waals surface area contributed by atoms with Crippen LogP contribution in [0.25, 0.3) is 43.1 Å². The second-order valence-electron chi connectivity index (χ2n) is 9.16. The van der Waals surface area contributed by atoms with Crippen LogP contribution in [0, 0.1) is 0 Å². The molecule has 31 heavy (non-hydrogen) atoms. The molecule has 0 fully saturated rings. The molecule has 0 saturated carbocycles. The highest BCUT2D eigenvalue weighted by Gasteiger charge is 2.16. The molecule has 5 aromatic carbocycles. The van der Waals surface area contributed by atoms with Gasteiger partial charge in [-0.25, -0.2) is 0 Å². The minimum absolute atomic E-state index is 0.872. The Morgan fingerprint density at radius 2 is 1.23 bits per heavy atom. The minimum Gasteiger partial charge on any atom is -0.398 e. The Morgan fingerprint density at radius 3 is 2.06 bits per heavy atom. The van der Waals surface area contributed by atoms with Crippen LogP contribution in [-0.4, -0.2) is 0 Å². The van der Waals surface area contributed by atoms with Gasteiger partial charge in [0.2, 0.25) is 0 Å². The Balaban J connectivity index is 1.54. The van der Waals surface area contributed by atoms with Crippen molar-refractivity contribution in [3.05, 3.63) is 66.2 Å². The van der Waals surface area contributed by atoms with Crippen molar-refractivity contribution in [2.75, 3.05) is 5.73 Å². The van der Waals surface area contributed by atoms with E-state index in [0.29, 0.717) is 0 Å². The van der Waals surface area contributed by atoms with Crippen LogP contribution < -0.4 is 5.73 Å². The first-order valence-corrected chi connectivity index (χ1v) is 12.2. The van der Waals surface area contributed by atoms with Gasteiger partial charge in [-0.2, -0.15) is 0 Å². The van der Waals surface area contributed by atoms with E-state index >= 15 is 0 Å². The number of nitrogens with two attached hydrogens (primary N) is 1. The van der Waals surface area contributed by atoms with Crippen molar-refractivity contribution < 1.29 is 0 Å². The molecule has 1 heteroatoms. The monoisotopic (exact) mass is 407 g/mol. The maximum absolute atomic E-state index is 6.39. The summed E-state index contributed by atoms with van der Waals surface area (Å²) in [6.07, 6.45) is 12.0. The van der Waals surface area contributed by atoms with E-state index < -0.39 is 0 Å². The fourth-order valence-corrected chi connectivity index (χ4v) is 5.47. The number of aryl methyl sites for hydroxylation is 1. The zero-order valence-electron chi connectivity index (χ0n) is 18.7. The Morgan fingerprint density at radius 1 is 0.548 bits per heavy atom. The van der Waals surface area contributed by atoms with E-state index in [1.807, 2.05) is 0 Å². The molecule has 0 aliphatic carbocycles. The van der Waals surface area contributed by atoms with Gasteiger partial charge in [-0.1, -0.05) is 106 Å². The maximum Gasteiger partial charge on any atom is 0.0394 e. The van der Waals surface area contributed by atoms with E-state index in [4.69, 9.17) is 5.73 Å². The number of fused-ring (bicyclic) bond motifs is 2. The van der Waals surface area contributed by atoms with E-state index in [1.54, 1.807) is 0 Å². The molecule has 158 valence electrons. The predicted octanol–water partition coefficient (Wildman–Crippen LogP) is 9.00. The molecule has 5 rings (SSSR count). The molecule has 0 atom stereocenters. The van der Waals surface area contributed by atoms with Crippen molar-refractivity contribution in [1.29, 1.82) is 0 Å². The van der Waals surface area contributed by atoms with Gasteiger partial charge in [0.05, 0.1) is 0 Å². The molecule has 0 heterocycles. The molecule has 0 aromatic heterocycles. The summed E-state index contributed by atoms with van der Waals surface area (Å²) in [5.41, 5.74) is 8.75. The lowest BCUT2D eigenvalue weighted by atomic mass is 9.86. The standard InChI is InChI=1S/C30H33N/c1-2-3-4-5-6-7-8-9-12-21-17-18-22-13-10-14-23-24-19-20-27(31)25-15-11-16-26(30(24)25)29(21)28(22)23/h10-11,13-20H,2-9,12,31H2,1H3. The smallest absolute Gasteiger partial charge is 0.0394 e. The van der Waals surface area contributed by atoms with Crippen molar-refractivity contribution in [3.63, 3.8) is 0 Å². The lowest BCUT2D eigenvalue weighted by Crippen LogP contribution is -1.94. The highest BCUT2D eigenvalue weighted by molar-refractivity contribution is 6.34. The summed E-state index contributed by atoms with van der Waals surface area (Å²) >= 11 is 0. The molecule has 5 aromatic rings. The summed E-state index contributed by atoms with van der Waals surface area (Å²) in [5.74, 6) is 0. The molecule has 0 aliphatic heterocycles. The van der Waals surface area contributed by atoms with Crippen molar-refractivity contribution >= 4 is 48.8 Å². The summed E-state index contributed by atoms with van der Waals surface area (Å²) in [6, 6.07) is 22.3. The van der Waals surface area contributed by atoms with Crippen molar-refractivity contribution in [2.45, 2.75) is 64.7 Å². The molecule has 0 bridgehead atoms. The van der Waals surface area contributed by atoms with Crippen molar-refractivity contribution in [2.24, 2.45) is 0 Å². The Hall–Kier alpha value is -2.80. The molecule has 0 radical (unpaired) electrons. The fourth-order valence-electron chi connectivity index (χ4n) is 5.47. The SMILES string of the molecule is CCCCCCCCCCc1ccc2cccc3c4ccc(N)c5cccc(c1c23)c54. The average molecular weight is 408 g/mol. The maximum atomic E-state index is 6.39. The lowest BCUT2D eigenvalue weighted by Gasteiger charge is -2.18. The van der Waals surface area contributed by atoms with Gasteiger partial charge >= 0.3 is 0 Å². The van der Waals surface area contributed by atoms with E-state index in [2.05, 4.69) is 67.6 Å². The van der Waals surface area contributed by atoms with Gasteiger partial charge < -0.3 is 5.73 Å². The minimum atomic E-state index is 0.872. The van der Waals surface area contributed by atoms with E-state index in [9.17, 15) is 0 Å². The third kappa shape index (κ3) is 3.61. The van der Waals surface area contributed by atoms with Crippen LogP contribution in [0.15, 0.2) is 60.7 Å². The molecule has 0 saturated heterocycles. The van der Waals surface area contributed by atoms with Gasteiger partial charge in [-0.15, -0.1) is 0 Å². The summed E-state index contributed by atoms with van der Waals surface area (Å²) in [7, 11) is 0. The number of nitrogen functional groups attached to an aromatic ring is 1. The van der Waals surface area contributed by atoms with Crippen LogP contribution in [0.4, 0.5) is 5.69 Å². The van der Waals surface area contributed by atoms with E-state index in [1.165, 1.54) is 100 Å². The first-order chi connectivity index (χ1) is 15.3. The zero-order chi connectivity index (χ0) is 21.2. The third-order valence-electron chi connectivity index (χ3n) is 7.07. The number of benzene rings is 5. The fraction of sp³-hybridized carbons (Fsp3) is 0.333. The van der Waals surface area contributed by atoms with Gasteiger partial charge in [0.1, 0.15) is 0 Å². The summed E-state index contributed by atoms with van der Waals surface area (Å²) < 4.78 is 0. The molecule has 2 N–H and O–H groups in total. The summed E-state index contributed by atoms with van der Waals surface area (Å²) in [4.78, 5) is 0. The molecule has 0 unspecified atom stereocenters. The molecular weight excluding hydrogens is 374 g/mol. The molecule has 0 aliphatic rings. The van der Waals surface area contributed by atoms with Gasteiger partial charge in [0.15, 0.2) is 0 Å². The third-order valence-corrected chi connectivity index (χ3v) is 7.07.